The van der Waals surface area contributed by atoms with Crippen LogP contribution in [0.5, 0.6) is 0 Å². The van der Waals surface area contributed by atoms with Crippen molar-refractivity contribution in [2.45, 2.75) is 6.42 Å². The average molecular weight is 167 g/mol. The second-order valence-corrected chi connectivity index (χ2v) is 3.07. The lowest BCUT2D eigenvalue weighted by atomic mass is 10.3. The molecule has 1 rings (SSSR count). The lowest BCUT2D eigenvalue weighted by Gasteiger charge is -1.82. The molecule has 1 heterocycles. The van der Waals surface area contributed by atoms with E-state index in [2.05, 4.69) is 0 Å². The van der Waals surface area contributed by atoms with Gasteiger partial charge >= 0.3 is 5.97 Å². The Bertz CT molecular complexity index is 310. The van der Waals surface area contributed by atoms with E-state index < -0.39 is 5.97 Å². The minimum Gasteiger partial charge on any atom is -0.477 e. The lowest BCUT2D eigenvalue weighted by molar-refractivity contribution is 0.0702. The van der Waals surface area contributed by atoms with E-state index in [-0.39, 0.29) is 11.3 Å². The van der Waals surface area contributed by atoms with Crippen LogP contribution in [0, 0.1) is 11.3 Å². The van der Waals surface area contributed by atoms with Gasteiger partial charge in [-0.05, 0) is 12.1 Å². The standard InChI is InChI=1S/C7H5NO2S/c8-4-3-5-1-2-6(11-5)7(9)10/h1-2H,3H2,(H,9,10). The molecule has 1 aromatic heterocycles. The number of hydrogen-bond donors (Lipinski definition) is 1. The van der Waals surface area contributed by atoms with Crippen LogP contribution in [0.3, 0.4) is 0 Å². The predicted molar refractivity (Wildman–Crippen MR) is 40.6 cm³/mol. The molecule has 0 saturated heterocycles. The largest absolute Gasteiger partial charge is 0.477 e. The topological polar surface area (TPSA) is 61.1 Å². The molecule has 0 radical (unpaired) electrons. The first-order chi connectivity index (χ1) is 5.24. The van der Waals surface area contributed by atoms with E-state index in [1.165, 1.54) is 6.07 Å². The summed E-state index contributed by atoms with van der Waals surface area (Å²) >= 11 is 1.14. The maximum absolute atomic E-state index is 10.3. The van der Waals surface area contributed by atoms with Crippen LogP contribution >= 0.6 is 11.3 Å². The van der Waals surface area contributed by atoms with Gasteiger partial charge in [-0.3, -0.25) is 0 Å². The molecule has 1 N–H and O–H groups in total. The highest BCUT2D eigenvalue weighted by molar-refractivity contribution is 7.13. The number of nitrogens with zero attached hydrogens (tertiary/aromatic N) is 1. The SMILES string of the molecule is N#CCc1ccc(C(=O)O)s1. The molecule has 0 unspecified atom stereocenters. The third kappa shape index (κ3) is 1.79. The minimum absolute atomic E-state index is 0.287. The summed E-state index contributed by atoms with van der Waals surface area (Å²) in [7, 11) is 0. The maximum Gasteiger partial charge on any atom is 0.345 e. The Morgan fingerprint density at radius 2 is 2.45 bits per heavy atom. The van der Waals surface area contributed by atoms with E-state index in [0.29, 0.717) is 0 Å². The number of aromatic carboxylic acids is 1. The molecule has 0 spiro atoms. The van der Waals surface area contributed by atoms with Crippen molar-refractivity contribution in [3.05, 3.63) is 21.9 Å². The Morgan fingerprint density at radius 3 is 2.91 bits per heavy atom. The molecular weight excluding hydrogens is 162 g/mol. The average Bonchev–Trinajstić information content (AvgIpc) is 2.37. The lowest BCUT2D eigenvalue weighted by Crippen LogP contribution is -1.89. The zero-order valence-electron chi connectivity index (χ0n) is 5.57. The summed E-state index contributed by atoms with van der Waals surface area (Å²) in [5.74, 6) is -0.931. The first-order valence-electron chi connectivity index (χ1n) is 2.93. The maximum atomic E-state index is 10.3. The van der Waals surface area contributed by atoms with Gasteiger partial charge in [0.1, 0.15) is 4.88 Å². The molecule has 0 aliphatic heterocycles. The summed E-state index contributed by atoms with van der Waals surface area (Å²) < 4.78 is 0. The first-order valence-corrected chi connectivity index (χ1v) is 3.74. The second-order valence-electron chi connectivity index (χ2n) is 1.91. The Kier molecular flexibility index (Phi) is 2.24. The molecule has 0 fully saturated rings. The molecule has 0 bridgehead atoms. The molecular formula is C7H5NO2S. The van der Waals surface area contributed by atoms with Gasteiger partial charge in [-0.2, -0.15) is 5.26 Å². The van der Waals surface area contributed by atoms with Gasteiger partial charge < -0.3 is 5.11 Å². The molecule has 4 heteroatoms. The van der Waals surface area contributed by atoms with Crippen LogP contribution in [0.2, 0.25) is 0 Å². The van der Waals surface area contributed by atoms with E-state index >= 15 is 0 Å². The fraction of sp³-hybridized carbons (Fsp3) is 0.143. The monoisotopic (exact) mass is 167 g/mol. The quantitative estimate of drug-likeness (QED) is 0.726. The van der Waals surface area contributed by atoms with Crippen molar-refractivity contribution in [3.63, 3.8) is 0 Å². The normalized spacial score (nSPS) is 9.00. The second kappa shape index (κ2) is 3.17. The Morgan fingerprint density at radius 1 is 1.73 bits per heavy atom. The van der Waals surface area contributed by atoms with Crippen molar-refractivity contribution in [3.8, 4) is 6.07 Å². The number of hydrogen-bond acceptors (Lipinski definition) is 3. The van der Waals surface area contributed by atoms with Gasteiger partial charge in [0, 0.05) is 4.88 Å². The summed E-state index contributed by atoms with van der Waals surface area (Å²) in [6, 6.07) is 5.13. The van der Waals surface area contributed by atoms with Crippen LogP contribution in [-0.2, 0) is 6.42 Å². The van der Waals surface area contributed by atoms with Gasteiger partial charge in [0.2, 0.25) is 0 Å². The van der Waals surface area contributed by atoms with Crippen molar-refractivity contribution >= 4 is 17.3 Å². The molecule has 1 aromatic rings. The summed E-state index contributed by atoms with van der Waals surface area (Å²) in [5, 5.41) is 16.8. The molecule has 0 aliphatic rings. The van der Waals surface area contributed by atoms with Gasteiger partial charge in [0.15, 0.2) is 0 Å². The fourth-order valence-electron chi connectivity index (χ4n) is 0.666. The Labute approximate surface area is 67.5 Å². The van der Waals surface area contributed by atoms with Gasteiger partial charge in [-0.25, -0.2) is 4.79 Å². The number of carbonyl (C=O) groups is 1. The zero-order chi connectivity index (χ0) is 8.27. The van der Waals surface area contributed by atoms with E-state index in [0.717, 1.165) is 16.2 Å². The molecule has 0 amide bonds. The molecule has 0 aromatic carbocycles. The highest BCUT2D eigenvalue weighted by atomic mass is 32.1. The van der Waals surface area contributed by atoms with Crippen LogP contribution in [0.1, 0.15) is 14.5 Å². The third-order valence-corrected chi connectivity index (χ3v) is 2.20. The third-order valence-electron chi connectivity index (χ3n) is 1.13. The predicted octanol–water partition coefficient (Wildman–Crippen LogP) is 1.51. The summed E-state index contributed by atoms with van der Waals surface area (Å²) in [4.78, 5) is 11.4. The van der Waals surface area contributed by atoms with Crippen LogP contribution in [-0.4, -0.2) is 11.1 Å². The molecule has 11 heavy (non-hydrogen) atoms. The number of carboxylic acids is 1. The number of rotatable bonds is 2. The molecule has 0 atom stereocenters. The van der Waals surface area contributed by atoms with Gasteiger partial charge in [-0.15, -0.1) is 11.3 Å². The highest BCUT2D eigenvalue weighted by Crippen LogP contribution is 2.16. The summed E-state index contributed by atoms with van der Waals surface area (Å²) in [5.41, 5.74) is 0. The molecule has 0 saturated carbocycles. The van der Waals surface area contributed by atoms with Crippen molar-refractivity contribution in [1.82, 2.24) is 0 Å². The van der Waals surface area contributed by atoms with E-state index in [4.69, 9.17) is 10.4 Å². The molecule has 0 aliphatic carbocycles. The minimum atomic E-state index is -0.931. The van der Waals surface area contributed by atoms with Crippen LogP contribution < -0.4 is 0 Å². The van der Waals surface area contributed by atoms with Crippen molar-refractivity contribution < 1.29 is 9.90 Å². The van der Waals surface area contributed by atoms with E-state index in [9.17, 15) is 4.79 Å². The van der Waals surface area contributed by atoms with Crippen LogP contribution in [0.15, 0.2) is 12.1 Å². The van der Waals surface area contributed by atoms with Gasteiger partial charge in [0.25, 0.3) is 0 Å². The van der Waals surface area contributed by atoms with Crippen LogP contribution in [0.4, 0.5) is 0 Å². The highest BCUT2D eigenvalue weighted by Gasteiger charge is 2.05. The Balaban J connectivity index is 2.83. The first kappa shape index (κ1) is 7.76. The summed E-state index contributed by atoms with van der Waals surface area (Å²) in [6.07, 6.45) is 0.290. The van der Waals surface area contributed by atoms with Crippen molar-refractivity contribution in [2.24, 2.45) is 0 Å². The fourth-order valence-corrected chi connectivity index (χ4v) is 1.44. The van der Waals surface area contributed by atoms with Crippen molar-refractivity contribution in [1.29, 1.82) is 5.26 Å². The molecule has 3 nitrogen and oxygen atoms in total. The van der Waals surface area contributed by atoms with E-state index in [1.54, 1.807) is 6.07 Å². The smallest absolute Gasteiger partial charge is 0.345 e. The number of carboxylic acid groups (broad SMARTS) is 1. The Hall–Kier alpha value is -1.34. The number of nitriles is 1. The molecule has 56 valence electrons. The van der Waals surface area contributed by atoms with Gasteiger partial charge in [0.05, 0.1) is 12.5 Å². The van der Waals surface area contributed by atoms with Gasteiger partial charge in [-0.1, -0.05) is 0 Å². The summed E-state index contributed by atoms with van der Waals surface area (Å²) in [6.45, 7) is 0. The van der Waals surface area contributed by atoms with Crippen molar-refractivity contribution in [2.75, 3.05) is 0 Å². The zero-order valence-corrected chi connectivity index (χ0v) is 6.39. The van der Waals surface area contributed by atoms with Crippen LogP contribution in [0.25, 0.3) is 0 Å². The number of thiophene rings is 1. The van der Waals surface area contributed by atoms with E-state index in [1.807, 2.05) is 6.07 Å².